The zero-order valence-electron chi connectivity index (χ0n) is 2.97. The van der Waals surface area contributed by atoms with Gasteiger partial charge in [-0.3, -0.25) is 11.5 Å². The average Bonchev–Trinajstić information content (AvgIpc) is 1.37. The van der Waals surface area contributed by atoms with E-state index in [-0.39, 0.29) is 58.2 Å². The number of nitrogens with zero attached hydrogens (tertiary/aromatic N) is 1. The molecule has 0 radical (unpaired) electrons. The maximum Gasteiger partial charge on any atom is 1.00 e. The van der Waals surface area contributed by atoms with Gasteiger partial charge in [-0.15, -0.1) is 0 Å². The standard InChI is InChI=1S/CH3N2O.Rb/c2-1-3-4;/h4H,(H2,2,3);/q-1;+1. The van der Waals surface area contributed by atoms with Crippen molar-refractivity contribution in [2.75, 3.05) is 0 Å². The molecule has 0 rings (SSSR count). The molecule has 0 aromatic heterocycles. The van der Waals surface area contributed by atoms with Gasteiger partial charge < -0.3 is 10.9 Å². The van der Waals surface area contributed by atoms with E-state index < -0.39 is 0 Å². The predicted molar refractivity (Wildman–Crippen MR) is 13.4 cm³/mol. The Bertz CT molecular complexity index is 24.8. The molecule has 3 N–H and O–H groups in total. The van der Waals surface area contributed by atoms with E-state index in [2.05, 4.69) is 10.9 Å². The quantitative estimate of drug-likeness (QED) is 0.0917. The zero-order valence-corrected chi connectivity index (χ0v) is 7.89. The molecule has 0 amide bonds. The Morgan fingerprint density at radius 1 is 1.80 bits per heavy atom. The Labute approximate surface area is 79.0 Å². The van der Waals surface area contributed by atoms with Crippen molar-refractivity contribution in [2.24, 2.45) is 10.9 Å². The molecule has 3 nitrogen and oxygen atoms in total. The average molecular weight is 145 g/mol. The van der Waals surface area contributed by atoms with Crippen molar-refractivity contribution >= 4 is 6.34 Å². The van der Waals surface area contributed by atoms with Crippen LogP contribution in [0.2, 0.25) is 0 Å². The SMILES string of the molecule is N[C-]=NO.[Rb+]. The summed E-state index contributed by atoms with van der Waals surface area (Å²) in [4.78, 5) is 0. The Morgan fingerprint density at radius 2 is 2.00 bits per heavy atom. The number of rotatable bonds is 0. The van der Waals surface area contributed by atoms with Crippen molar-refractivity contribution in [1.29, 1.82) is 0 Å². The topological polar surface area (TPSA) is 58.6 Å². The van der Waals surface area contributed by atoms with Crippen LogP contribution in [0.25, 0.3) is 0 Å². The Balaban J connectivity index is 0. The van der Waals surface area contributed by atoms with Gasteiger partial charge in [0.15, 0.2) is 0 Å². The van der Waals surface area contributed by atoms with E-state index in [1.54, 1.807) is 6.34 Å². The molecule has 0 aromatic carbocycles. The molecule has 5 heavy (non-hydrogen) atoms. The van der Waals surface area contributed by atoms with E-state index in [1.807, 2.05) is 0 Å². The third-order valence-corrected chi connectivity index (χ3v) is 0.0577. The molecule has 0 spiro atoms. The van der Waals surface area contributed by atoms with Crippen molar-refractivity contribution in [3.05, 3.63) is 0 Å². The summed E-state index contributed by atoms with van der Waals surface area (Å²) in [6.07, 6.45) is 1.61. The molecule has 0 saturated carbocycles. The fourth-order valence-corrected chi connectivity index (χ4v) is 0. The first-order valence-electron chi connectivity index (χ1n) is 0.712. The molecule has 0 bridgehead atoms. The van der Waals surface area contributed by atoms with E-state index >= 15 is 0 Å². The van der Waals surface area contributed by atoms with Crippen molar-refractivity contribution < 1.29 is 63.4 Å². The van der Waals surface area contributed by atoms with Crippen LogP contribution in [0.1, 0.15) is 0 Å². The van der Waals surface area contributed by atoms with Crippen LogP contribution < -0.4 is 63.9 Å². The van der Waals surface area contributed by atoms with Crippen LogP contribution in [-0.4, -0.2) is 11.5 Å². The third kappa shape index (κ3) is 11.1. The summed E-state index contributed by atoms with van der Waals surface area (Å²) >= 11 is 0. The molecule has 0 heterocycles. The van der Waals surface area contributed by atoms with Crippen LogP contribution in [0.4, 0.5) is 0 Å². The van der Waals surface area contributed by atoms with Gasteiger partial charge in [0.1, 0.15) is 0 Å². The van der Waals surface area contributed by atoms with Crippen molar-refractivity contribution in [3.63, 3.8) is 0 Å². The molecule has 0 saturated heterocycles. The minimum atomic E-state index is 0. The Hall–Kier alpha value is 1.08. The minimum Gasteiger partial charge on any atom is -0.560 e. The molecule has 0 unspecified atom stereocenters. The second-order valence-corrected chi connectivity index (χ2v) is 0.229. The van der Waals surface area contributed by atoms with Crippen molar-refractivity contribution in [1.82, 2.24) is 0 Å². The summed E-state index contributed by atoms with van der Waals surface area (Å²) in [5, 5.41) is 9.53. The zero-order chi connectivity index (χ0) is 3.41. The molecular formula is CH3N2ORb. The predicted octanol–water partition coefficient (Wildman–Crippen LogP) is -3.76. The molecular weight excluding hydrogens is 141 g/mol. The van der Waals surface area contributed by atoms with Crippen LogP contribution in [0, 0.1) is 0 Å². The fraction of sp³-hybridized carbons (Fsp3) is 0. The Morgan fingerprint density at radius 3 is 2.00 bits per heavy atom. The molecule has 24 valence electrons. The molecule has 0 fully saturated rings. The van der Waals surface area contributed by atoms with Crippen molar-refractivity contribution in [3.8, 4) is 0 Å². The molecule has 4 heteroatoms. The number of hydrogen-bond donors (Lipinski definition) is 2. The van der Waals surface area contributed by atoms with Gasteiger partial charge in [-0.1, -0.05) is 0 Å². The monoisotopic (exact) mass is 144 g/mol. The fourth-order valence-electron chi connectivity index (χ4n) is 0. The van der Waals surface area contributed by atoms with Gasteiger partial charge in [0.25, 0.3) is 0 Å². The normalized spacial score (nSPS) is 7.20. The summed E-state index contributed by atoms with van der Waals surface area (Å²) in [7, 11) is 0. The van der Waals surface area contributed by atoms with Gasteiger partial charge in [-0.25, -0.2) is 0 Å². The number of nitrogens with two attached hydrogens (primary N) is 1. The van der Waals surface area contributed by atoms with Gasteiger partial charge >= 0.3 is 58.2 Å². The maximum absolute atomic E-state index is 7.26. The van der Waals surface area contributed by atoms with Gasteiger partial charge in [-0.2, -0.15) is 0 Å². The summed E-state index contributed by atoms with van der Waals surface area (Å²) in [6, 6.07) is 0. The first-order valence-corrected chi connectivity index (χ1v) is 0.712. The first kappa shape index (κ1) is 9.42. The summed E-state index contributed by atoms with van der Waals surface area (Å²) < 4.78 is 0. The first-order chi connectivity index (χ1) is 1.91. The van der Waals surface area contributed by atoms with Crippen LogP contribution in [0.15, 0.2) is 5.16 Å². The van der Waals surface area contributed by atoms with Crippen LogP contribution in [0.5, 0.6) is 0 Å². The molecule has 0 atom stereocenters. The summed E-state index contributed by atoms with van der Waals surface area (Å²) in [5.41, 5.74) is 4.36. The van der Waals surface area contributed by atoms with Gasteiger partial charge in [0.2, 0.25) is 0 Å². The van der Waals surface area contributed by atoms with Gasteiger partial charge in [-0.05, 0) is 0 Å². The van der Waals surface area contributed by atoms with Gasteiger partial charge in [0.05, 0.1) is 0 Å². The van der Waals surface area contributed by atoms with Crippen LogP contribution >= 0.6 is 0 Å². The maximum atomic E-state index is 7.26. The van der Waals surface area contributed by atoms with E-state index in [0.717, 1.165) is 0 Å². The minimum absolute atomic E-state index is 0. The second-order valence-electron chi connectivity index (χ2n) is 0.229. The molecule has 0 aliphatic carbocycles. The molecule has 0 aliphatic heterocycles. The third-order valence-electron chi connectivity index (χ3n) is 0.0577. The number of hydrogen-bond acceptors (Lipinski definition) is 2. The van der Waals surface area contributed by atoms with Crippen molar-refractivity contribution in [2.45, 2.75) is 0 Å². The summed E-state index contributed by atoms with van der Waals surface area (Å²) in [5.74, 6) is 0. The van der Waals surface area contributed by atoms with E-state index in [1.165, 1.54) is 0 Å². The largest absolute Gasteiger partial charge is 1.00 e. The molecule has 0 aliphatic rings. The van der Waals surface area contributed by atoms with E-state index in [9.17, 15) is 0 Å². The Kier molecular flexibility index (Phi) is 16.8. The van der Waals surface area contributed by atoms with E-state index in [0.29, 0.717) is 0 Å². The smallest absolute Gasteiger partial charge is 0.560 e. The second kappa shape index (κ2) is 8.91. The van der Waals surface area contributed by atoms with E-state index in [4.69, 9.17) is 5.21 Å². The van der Waals surface area contributed by atoms with Crippen LogP contribution in [-0.2, 0) is 0 Å². The van der Waals surface area contributed by atoms with Gasteiger partial charge in [0, 0.05) is 0 Å². The summed E-state index contributed by atoms with van der Waals surface area (Å²) in [6.45, 7) is 0. The molecule has 0 aromatic rings. The van der Waals surface area contributed by atoms with Crippen LogP contribution in [0.3, 0.4) is 0 Å².